The fraction of sp³-hybridized carbons (Fsp3) is 0.895. The van der Waals surface area contributed by atoms with Crippen LogP contribution in [0.2, 0.25) is 0 Å². The normalized spacial score (nSPS) is 17.2. The molecule has 23 heavy (non-hydrogen) atoms. The monoisotopic (exact) mass is 328 g/mol. The van der Waals surface area contributed by atoms with Crippen LogP contribution < -0.4 is 0 Å². The molecule has 0 aliphatic heterocycles. The molecule has 0 aliphatic carbocycles. The molecule has 1 N–H and O–H groups in total. The summed E-state index contributed by atoms with van der Waals surface area (Å²) in [6.07, 6.45) is 1.36. The smallest absolute Gasteiger partial charge is 0.313 e. The maximum atomic E-state index is 13.0. The van der Waals surface area contributed by atoms with Crippen molar-refractivity contribution in [2.24, 2.45) is 28.6 Å². The second-order valence-corrected chi connectivity index (χ2v) is 7.81. The minimum atomic E-state index is -1.10. The van der Waals surface area contributed by atoms with Crippen LogP contribution >= 0.6 is 0 Å². The van der Waals surface area contributed by atoms with Gasteiger partial charge in [0.2, 0.25) is 0 Å². The Morgan fingerprint density at radius 2 is 1.48 bits per heavy atom. The highest BCUT2D eigenvalue weighted by molar-refractivity contribution is 5.88. The molecular formula is C19H36O4. The van der Waals surface area contributed by atoms with E-state index < -0.39 is 16.8 Å². The summed E-state index contributed by atoms with van der Waals surface area (Å²) in [6.45, 7) is 16.0. The predicted octanol–water partition coefficient (Wildman–Crippen LogP) is 4.77. The van der Waals surface area contributed by atoms with E-state index in [9.17, 15) is 14.7 Å². The van der Waals surface area contributed by atoms with Crippen molar-refractivity contribution in [3.8, 4) is 0 Å². The summed E-state index contributed by atoms with van der Waals surface area (Å²) in [7, 11) is 0. The van der Waals surface area contributed by atoms with Crippen LogP contribution in [-0.2, 0) is 14.3 Å². The van der Waals surface area contributed by atoms with Crippen molar-refractivity contribution in [2.75, 3.05) is 6.61 Å². The lowest BCUT2D eigenvalue weighted by molar-refractivity contribution is -0.188. The molecule has 0 fully saturated rings. The first-order valence-electron chi connectivity index (χ1n) is 8.92. The SMILES string of the molecule is CCC(CC(C)C)(C(=O)O)C(CC)(C(=O)OCC(C)C)C(C)C. The third kappa shape index (κ3) is 4.27. The number of aliphatic carboxylic acids is 1. The van der Waals surface area contributed by atoms with Crippen LogP contribution in [0, 0.1) is 28.6 Å². The lowest BCUT2D eigenvalue weighted by atomic mass is 9.53. The molecule has 0 aromatic carbocycles. The van der Waals surface area contributed by atoms with Crippen molar-refractivity contribution in [3.63, 3.8) is 0 Å². The minimum Gasteiger partial charge on any atom is -0.481 e. The molecule has 0 bridgehead atoms. The second kappa shape index (κ2) is 8.70. The third-order valence-electron chi connectivity index (χ3n) is 5.08. The van der Waals surface area contributed by atoms with E-state index in [1.54, 1.807) is 0 Å². The molecule has 2 unspecified atom stereocenters. The first kappa shape index (κ1) is 21.9. The Balaban J connectivity index is 6.15. The van der Waals surface area contributed by atoms with E-state index in [0.29, 0.717) is 25.9 Å². The number of carboxylic acids is 1. The molecule has 0 aromatic rings. The number of carbonyl (C=O) groups excluding carboxylic acids is 1. The van der Waals surface area contributed by atoms with E-state index in [0.717, 1.165) is 0 Å². The molecule has 4 nitrogen and oxygen atoms in total. The maximum absolute atomic E-state index is 13.0. The van der Waals surface area contributed by atoms with Gasteiger partial charge >= 0.3 is 11.9 Å². The average Bonchev–Trinajstić information content (AvgIpc) is 2.43. The van der Waals surface area contributed by atoms with Gasteiger partial charge in [-0.05, 0) is 37.0 Å². The third-order valence-corrected chi connectivity index (χ3v) is 5.08. The summed E-state index contributed by atoms with van der Waals surface area (Å²) in [5.41, 5.74) is -2.11. The Kier molecular flexibility index (Phi) is 8.30. The van der Waals surface area contributed by atoms with E-state index in [-0.39, 0.29) is 23.7 Å². The molecule has 0 spiro atoms. The van der Waals surface area contributed by atoms with Gasteiger partial charge in [0, 0.05) is 0 Å². The molecule has 0 amide bonds. The number of ether oxygens (including phenoxy) is 1. The van der Waals surface area contributed by atoms with Gasteiger partial charge in [-0.15, -0.1) is 0 Å². The van der Waals surface area contributed by atoms with Gasteiger partial charge in [0.05, 0.1) is 17.4 Å². The van der Waals surface area contributed by atoms with Gasteiger partial charge in [-0.1, -0.05) is 55.4 Å². The summed E-state index contributed by atoms with van der Waals surface area (Å²) in [6, 6.07) is 0. The van der Waals surface area contributed by atoms with Crippen LogP contribution in [0.4, 0.5) is 0 Å². The molecule has 0 aliphatic rings. The van der Waals surface area contributed by atoms with Crippen LogP contribution in [0.25, 0.3) is 0 Å². The highest BCUT2D eigenvalue weighted by Gasteiger charge is 2.61. The quantitative estimate of drug-likeness (QED) is 0.587. The van der Waals surface area contributed by atoms with Crippen LogP contribution in [0.15, 0.2) is 0 Å². The van der Waals surface area contributed by atoms with E-state index in [1.165, 1.54) is 0 Å². The molecule has 4 heteroatoms. The Morgan fingerprint density at radius 3 is 1.74 bits per heavy atom. The van der Waals surface area contributed by atoms with E-state index in [4.69, 9.17) is 4.74 Å². The topological polar surface area (TPSA) is 63.6 Å². The first-order valence-corrected chi connectivity index (χ1v) is 8.92. The van der Waals surface area contributed by atoms with Gasteiger partial charge in [0.25, 0.3) is 0 Å². The van der Waals surface area contributed by atoms with Crippen LogP contribution in [0.3, 0.4) is 0 Å². The average molecular weight is 328 g/mol. The molecule has 0 saturated heterocycles. The predicted molar refractivity (Wildman–Crippen MR) is 93.2 cm³/mol. The molecule has 0 saturated carbocycles. The summed E-state index contributed by atoms with van der Waals surface area (Å²) in [5.74, 6) is -0.929. The summed E-state index contributed by atoms with van der Waals surface area (Å²) in [5, 5.41) is 10.1. The van der Waals surface area contributed by atoms with Crippen LogP contribution in [0.1, 0.15) is 74.7 Å². The molecular weight excluding hydrogens is 292 g/mol. The molecule has 0 radical (unpaired) electrons. The van der Waals surface area contributed by atoms with Crippen molar-refractivity contribution in [1.29, 1.82) is 0 Å². The van der Waals surface area contributed by atoms with E-state index in [1.807, 2.05) is 55.4 Å². The van der Waals surface area contributed by atoms with Gasteiger partial charge < -0.3 is 9.84 Å². The van der Waals surface area contributed by atoms with Crippen LogP contribution in [-0.4, -0.2) is 23.7 Å². The zero-order valence-corrected chi connectivity index (χ0v) is 16.2. The zero-order chi connectivity index (χ0) is 18.4. The molecule has 0 aromatic heterocycles. The second-order valence-electron chi connectivity index (χ2n) is 7.81. The van der Waals surface area contributed by atoms with Gasteiger partial charge in [-0.25, -0.2) is 0 Å². The van der Waals surface area contributed by atoms with Gasteiger partial charge in [-0.2, -0.15) is 0 Å². The Labute approximate surface area is 142 Å². The highest BCUT2D eigenvalue weighted by Crippen LogP contribution is 2.54. The number of carboxylic acid groups (broad SMARTS) is 1. The lowest BCUT2D eigenvalue weighted by Crippen LogP contribution is -2.56. The number of carbonyl (C=O) groups is 2. The fourth-order valence-corrected chi connectivity index (χ4v) is 4.01. The largest absolute Gasteiger partial charge is 0.481 e. The summed E-state index contributed by atoms with van der Waals surface area (Å²) >= 11 is 0. The van der Waals surface area contributed by atoms with Crippen molar-refractivity contribution in [1.82, 2.24) is 0 Å². The lowest BCUT2D eigenvalue weighted by Gasteiger charge is -2.49. The Morgan fingerprint density at radius 1 is 0.957 bits per heavy atom. The molecule has 0 heterocycles. The van der Waals surface area contributed by atoms with E-state index in [2.05, 4.69) is 0 Å². The van der Waals surface area contributed by atoms with Crippen molar-refractivity contribution < 1.29 is 19.4 Å². The minimum absolute atomic E-state index is 0.109. The van der Waals surface area contributed by atoms with Gasteiger partial charge in [0.15, 0.2) is 0 Å². The number of esters is 1. The first-order chi connectivity index (χ1) is 10.5. The fourth-order valence-electron chi connectivity index (χ4n) is 4.01. The summed E-state index contributed by atoms with van der Waals surface area (Å²) in [4.78, 5) is 25.4. The maximum Gasteiger partial charge on any atom is 0.313 e. The molecule has 2 atom stereocenters. The van der Waals surface area contributed by atoms with Crippen LogP contribution in [0.5, 0.6) is 0 Å². The van der Waals surface area contributed by atoms with Gasteiger partial charge in [0.1, 0.15) is 0 Å². The van der Waals surface area contributed by atoms with E-state index >= 15 is 0 Å². The number of hydrogen-bond acceptors (Lipinski definition) is 3. The molecule has 136 valence electrons. The standard InChI is InChI=1S/C19H36O4/c1-9-18(16(20)21,11-13(3)4)19(10-2,15(7)8)17(22)23-12-14(5)6/h13-15H,9-12H2,1-8H3,(H,20,21). The Hall–Kier alpha value is -1.06. The highest BCUT2D eigenvalue weighted by atomic mass is 16.5. The van der Waals surface area contributed by atoms with Gasteiger partial charge in [-0.3, -0.25) is 9.59 Å². The van der Waals surface area contributed by atoms with Crippen molar-refractivity contribution in [3.05, 3.63) is 0 Å². The summed E-state index contributed by atoms with van der Waals surface area (Å²) < 4.78 is 5.56. The zero-order valence-electron chi connectivity index (χ0n) is 16.2. The number of rotatable bonds is 10. The Bertz CT molecular complexity index is 400. The van der Waals surface area contributed by atoms with Crippen molar-refractivity contribution in [2.45, 2.75) is 74.7 Å². The number of hydrogen-bond donors (Lipinski definition) is 1. The van der Waals surface area contributed by atoms with Crippen molar-refractivity contribution >= 4 is 11.9 Å². The molecule has 0 rings (SSSR count).